The largest absolute Gasteiger partial charge is 0.0622 e. The van der Waals surface area contributed by atoms with Crippen LogP contribution in [0.25, 0.3) is 99.4 Å². The van der Waals surface area contributed by atoms with Crippen LogP contribution in [0, 0.1) is 0 Å². The topological polar surface area (TPSA) is 0 Å². The lowest BCUT2D eigenvalue weighted by molar-refractivity contribution is 1.60. The van der Waals surface area contributed by atoms with Gasteiger partial charge in [-0.15, -0.1) is 0 Å². The molecule has 0 radical (unpaired) electrons. The fourth-order valence-electron chi connectivity index (χ4n) is 8.26. The lowest BCUT2D eigenvalue weighted by Crippen LogP contribution is -1.93. The first-order chi connectivity index (χ1) is 25.8. The quantitative estimate of drug-likeness (QED) is 0.128. The minimum atomic E-state index is 1.18. The lowest BCUT2D eigenvalue weighted by atomic mass is 9.82. The Kier molecular flexibility index (Phi) is 7.25. The molecule has 10 rings (SSSR count). The highest BCUT2D eigenvalue weighted by Crippen LogP contribution is 2.48. The Morgan fingerprint density at radius 3 is 1.31 bits per heavy atom. The van der Waals surface area contributed by atoms with Gasteiger partial charge in [-0.25, -0.2) is 0 Å². The Balaban J connectivity index is 1.18. The molecular formula is C52H34. The van der Waals surface area contributed by atoms with E-state index in [4.69, 9.17) is 0 Å². The minimum absolute atomic E-state index is 1.18. The summed E-state index contributed by atoms with van der Waals surface area (Å²) in [6, 6.07) is 70.9. The van der Waals surface area contributed by atoms with E-state index in [-0.39, 0.29) is 0 Å². The van der Waals surface area contributed by atoms with E-state index in [1.165, 1.54) is 98.4 Å². The van der Waals surface area contributed by atoms with Crippen molar-refractivity contribution in [3.05, 3.63) is 205 Å². The van der Waals surface area contributed by atoms with Gasteiger partial charge in [0.15, 0.2) is 0 Å². The molecule has 0 aliphatic heterocycles. The van der Waals surface area contributed by atoms with Crippen LogP contribution in [0.4, 0.5) is 0 Å². The van der Waals surface area contributed by atoms with Gasteiger partial charge in [0, 0.05) is 0 Å². The standard InChI is InChI=1S/C52H34/c1-2-14-36(15-3-1)37-29-26-35(27-30-37)28-31-38-32-33-49(44-21-9-8-18-41(38)44)50-45-22-10-12-24-47(45)52(48-25-13-11-23-46(48)50)51-42-19-6-4-16-39(42)34-40-17-5-7-20-43(40)51/h1-34H. The van der Waals surface area contributed by atoms with Gasteiger partial charge < -0.3 is 0 Å². The summed E-state index contributed by atoms with van der Waals surface area (Å²) in [6.45, 7) is 0. The predicted octanol–water partition coefficient (Wildman–Crippen LogP) is 14.6. The molecule has 0 saturated carbocycles. The number of hydrogen-bond donors (Lipinski definition) is 0. The zero-order valence-electron chi connectivity index (χ0n) is 28.6. The summed E-state index contributed by atoms with van der Waals surface area (Å²) in [5.41, 5.74) is 9.98. The Bertz CT molecular complexity index is 2870. The molecule has 0 aromatic heterocycles. The summed E-state index contributed by atoms with van der Waals surface area (Å²) >= 11 is 0. The maximum Gasteiger partial charge on any atom is -0.00139 e. The van der Waals surface area contributed by atoms with Gasteiger partial charge in [-0.05, 0) is 104 Å². The van der Waals surface area contributed by atoms with Crippen LogP contribution in [-0.2, 0) is 0 Å². The second-order valence-corrected chi connectivity index (χ2v) is 13.6. The van der Waals surface area contributed by atoms with Gasteiger partial charge in [0.25, 0.3) is 0 Å². The zero-order valence-corrected chi connectivity index (χ0v) is 28.6. The van der Waals surface area contributed by atoms with Crippen molar-refractivity contribution < 1.29 is 0 Å². The van der Waals surface area contributed by atoms with E-state index in [9.17, 15) is 0 Å². The minimum Gasteiger partial charge on any atom is -0.0622 e. The number of fused-ring (bicyclic) bond motifs is 5. The van der Waals surface area contributed by atoms with Gasteiger partial charge in [0.2, 0.25) is 0 Å². The van der Waals surface area contributed by atoms with Crippen LogP contribution in [-0.4, -0.2) is 0 Å². The van der Waals surface area contributed by atoms with Crippen LogP contribution < -0.4 is 0 Å². The van der Waals surface area contributed by atoms with E-state index in [1.807, 2.05) is 0 Å². The van der Waals surface area contributed by atoms with Gasteiger partial charge >= 0.3 is 0 Å². The molecule has 0 amide bonds. The monoisotopic (exact) mass is 658 g/mol. The third kappa shape index (κ3) is 5.00. The first kappa shape index (κ1) is 30.1. The Morgan fingerprint density at radius 2 is 0.712 bits per heavy atom. The van der Waals surface area contributed by atoms with E-state index in [2.05, 4.69) is 206 Å². The lowest BCUT2D eigenvalue weighted by Gasteiger charge is -2.21. The van der Waals surface area contributed by atoms with Crippen molar-refractivity contribution in [1.82, 2.24) is 0 Å². The molecule has 0 aliphatic rings. The number of benzene rings is 10. The summed E-state index contributed by atoms with van der Waals surface area (Å²) in [5.74, 6) is 0. The molecule has 0 saturated heterocycles. The van der Waals surface area contributed by atoms with Gasteiger partial charge in [0.05, 0.1) is 0 Å². The Labute approximate surface area is 303 Å². The molecule has 0 fully saturated rings. The maximum absolute atomic E-state index is 2.34. The molecule has 0 atom stereocenters. The van der Waals surface area contributed by atoms with Gasteiger partial charge in [-0.2, -0.15) is 0 Å². The van der Waals surface area contributed by atoms with Gasteiger partial charge in [-0.1, -0.05) is 200 Å². The molecule has 10 aromatic carbocycles. The molecule has 0 heterocycles. The van der Waals surface area contributed by atoms with Crippen molar-refractivity contribution in [3.8, 4) is 33.4 Å². The van der Waals surface area contributed by atoms with E-state index in [0.717, 1.165) is 0 Å². The molecule has 52 heavy (non-hydrogen) atoms. The molecule has 0 spiro atoms. The van der Waals surface area contributed by atoms with Gasteiger partial charge in [-0.3, -0.25) is 0 Å². The molecule has 0 N–H and O–H groups in total. The second kappa shape index (κ2) is 12.5. The van der Waals surface area contributed by atoms with Crippen molar-refractivity contribution in [2.45, 2.75) is 0 Å². The van der Waals surface area contributed by atoms with Crippen LogP contribution >= 0.6 is 0 Å². The fourth-order valence-corrected chi connectivity index (χ4v) is 8.26. The Morgan fingerprint density at radius 1 is 0.269 bits per heavy atom. The average molecular weight is 659 g/mol. The molecule has 10 aromatic rings. The molecular weight excluding hydrogens is 625 g/mol. The average Bonchev–Trinajstić information content (AvgIpc) is 3.22. The third-order valence-electron chi connectivity index (χ3n) is 10.7. The third-order valence-corrected chi connectivity index (χ3v) is 10.7. The number of rotatable bonds is 5. The maximum atomic E-state index is 2.34. The van der Waals surface area contributed by atoms with Crippen molar-refractivity contribution in [2.24, 2.45) is 0 Å². The molecule has 0 aliphatic carbocycles. The number of hydrogen-bond acceptors (Lipinski definition) is 0. The SMILES string of the molecule is C(=Cc1ccc(-c2c3ccccc3c(-c3c4ccccc4cc4ccccc34)c3ccccc23)c2ccccc12)c1ccc(-c2ccccc2)cc1. The fraction of sp³-hybridized carbons (Fsp3) is 0. The summed E-state index contributed by atoms with van der Waals surface area (Å²) in [7, 11) is 0. The van der Waals surface area contributed by atoms with Crippen molar-refractivity contribution in [2.75, 3.05) is 0 Å². The van der Waals surface area contributed by atoms with Crippen molar-refractivity contribution >= 4 is 66.0 Å². The van der Waals surface area contributed by atoms with Gasteiger partial charge in [0.1, 0.15) is 0 Å². The first-order valence-electron chi connectivity index (χ1n) is 18.0. The van der Waals surface area contributed by atoms with Crippen LogP contribution in [0.2, 0.25) is 0 Å². The van der Waals surface area contributed by atoms with E-state index >= 15 is 0 Å². The van der Waals surface area contributed by atoms with E-state index in [1.54, 1.807) is 0 Å². The smallest absolute Gasteiger partial charge is 0.00139 e. The molecule has 0 unspecified atom stereocenters. The summed E-state index contributed by atoms with van der Waals surface area (Å²) in [6.07, 6.45) is 4.49. The highest BCUT2D eigenvalue weighted by molar-refractivity contribution is 6.28. The van der Waals surface area contributed by atoms with Crippen LogP contribution in [0.5, 0.6) is 0 Å². The van der Waals surface area contributed by atoms with Crippen LogP contribution in [0.3, 0.4) is 0 Å². The normalized spacial score (nSPS) is 11.8. The van der Waals surface area contributed by atoms with Crippen LogP contribution in [0.15, 0.2) is 194 Å². The Hall–Kier alpha value is -6.76. The van der Waals surface area contributed by atoms with E-state index < -0.39 is 0 Å². The summed E-state index contributed by atoms with van der Waals surface area (Å²) in [4.78, 5) is 0. The van der Waals surface area contributed by atoms with E-state index in [0.29, 0.717) is 0 Å². The summed E-state index contributed by atoms with van der Waals surface area (Å²) < 4.78 is 0. The summed E-state index contributed by atoms with van der Waals surface area (Å²) in [5, 5.41) is 12.6. The zero-order chi connectivity index (χ0) is 34.4. The highest BCUT2D eigenvalue weighted by Gasteiger charge is 2.21. The second-order valence-electron chi connectivity index (χ2n) is 13.6. The first-order valence-corrected chi connectivity index (χ1v) is 18.0. The van der Waals surface area contributed by atoms with Crippen LogP contribution in [0.1, 0.15) is 11.1 Å². The van der Waals surface area contributed by atoms with Crippen molar-refractivity contribution in [3.63, 3.8) is 0 Å². The molecule has 0 bridgehead atoms. The van der Waals surface area contributed by atoms with Crippen molar-refractivity contribution in [1.29, 1.82) is 0 Å². The molecule has 0 nitrogen and oxygen atoms in total. The molecule has 242 valence electrons. The molecule has 0 heteroatoms. The highest BCUT2D eigenvalue weighted by atomic mass is 14.2. The predicted molar refractivity (Wildman–Crippen MR) is 226 cm³/mol.